The van der Waals surface area contributed by atoms with E-state index >= 15 is 0 Å². The van der Waals surface area contributed by atoms with Crippen LogP contribution in [0.2, 0.25) is 5.02 Å². The maximum atomic E-state index is 13.7. The summed E-state index contributed by atoms with van der Waals surface area (Å²) in [5.74, 6) is 0.707. The number of benzene rings is 3. The van der Waals surface area contributed by atoms with Gasteiger partial charge in [0.15, 0.2) is 11.0 Å². The Morgan fingerprint density at radius 3 is 2.38 bits per heavy atom. The molecular formula is C27H19ClF6N6OS. The first-order valence-corrected chi connectivity index (χ1v) is 13.6. The number of aromatic nitrogens is 3. The number of hydrogen-bond donors (Lipinski definition) is 0. The predicted octanol–water partition coefficient (Wildman–Crippen LogP) is 7.84. The van der Waals surface area contributed by atoms with Crippen molar-refractivity contribution in [1.29, 1.82) is 0 Å². The first-order valence-electron chi connectivity index (χ1n) is 12.2. The molecule has 3 aromatic carbocycles. The van der Waals surface area contributed by atoms with Crippen LogP contribution >= 0.6 is 23.4 Å². The molecule has 1 fully saturated rings. The Labute approximate surface area is 244 Å². The summed E-state index contributed by atoms with van der Waals surface area (Å²) >= 11 is 7.49. The fourth-order valence-electron chi connectivity index (χ4n) is 4.05. The lowest BCUT2D eigenvalue weighted by Crippen LogP contribution is -2.35. The van der Waals surface area contributed by atoms with Gasteiger partial charge in [-0.2, -0.15) is 18.3 Å². The zero-order valence-electron chi connectivity index (χ0n) is 21.3. The number of thioether (sulfide) groups is 1. The maximum Gasteiger partial charge on any atom is 0.573 e. The number of nitrogens with zero attached hydrogens (tertiary/aromatic N) is 6. The van der Waals surface area contributed by atoms with E-state index in [0.29, 0.717) is 46.5 Å². The van der Waals surface area contributed by atoms with Crippen molar-refractivity contribution in [1.82, 2.24) is 14.8 Å². The van der Waals surface area contributed by atoms with Crippen molar-refractivity contribution >= 4 is 40.4 Å². The van der Waals surface area contributed by atoms with Gasteiger partial charge in [-0.3, -0.25) is 0 Å². The molecule has 1 saturated heterocycles. The smallest absolute Gasteiger partial charge is 0.406 e. The summed E-state index contributed by atoms with van der Waals surface area (Å²) in [6.45, 7) is 0.313. The van der Waals surface area contributed by atoms with Gasteiger partial charge >= 0.3 is 12.5 Å². The quantitative estimate of drug-likeness (QED) is 0.124. The van der Waals surface area contributed by atoms with E-state index < -0.39 is 18.1 Å². The van der Waals surface area contributed by atoms with Crippen LogP contribution in [-0.4, -0.2) is 44.8 Å². The number of amidine groups is 1. The number of anilines is 1. The predicted molar refractivity (Wildman–Crippen MR) is 149 cm³/mol. The molecule has 7 nitrogen and oxygen atoms in total. The van der Waals surface area contributed by atoms with Crippen LogP contribution in [0.15, 0.2) is 83.3 Å². The summed E-state index contributed by atoms with van der Waals surface area (Å²) in [4.78, 5) is 5.70. The third kappa shape index (κ3) is 7.05. The van der Waals surface area contributed by atoms with Gasteiger partial charge in [-0.05, 0) is 48.4 Å². The van der Waals surface area contributed by atoms with Crippen LogP contribution < -0.4 is 9.64 Å². The number of ether oxygens (including phenoxy) is 1. The van der Waals surface area contributed by atoms with Crippen LogP contribution in [0.1, 0.15) is 17.5 Å². The fraction of sp³-hybridized carbons (Fsp3) is 0.185. The molecular weight excluding hydrogens is 606 g/mol. The van der Waals surface area contributed by atoms with Gasteiger partial charge in [-0.15, -0.1) is 23.4 Å². The van der Waals surface area contributed by atoms with Crippen molar-refractivity contribution < 1.29 is 31.1 Å². The molecule has 0 radical (unpaired) electrons. The van der Waals surface area contributed by atoms with Gasteiger partial charge in [0, 0.05) is 17.9 Å². The fourth-order valence-corrected chi connectivity index (χ4v) is 5.23. The monoisotopic (exact) mass is 624 g/mol. The number of alkyl halides is 6. The molecule has 0 saturated carbocycles. The topological polar surface area (TPSA) is 67.9 Å². The summed E-state index contributed by atoms with van der Waals surface area (Å²) in [7, 11) is 0. The molecule has 0 amide bonds. The number of hydrogen-bond acceptors (Lipinski definition) is 6. The lowest BCUT2D eigenvalue weighted by molar-refractivity contribution is -0.274. The van der Waals surface area contributed by atoms with Gasteiger partial charge in [0.25, 0.3) is 0 Å². The first kappa shape index (κ1) is 29.5. The first-order chi connectivity index (χ1) is 20.0. The molecule has 1 aliphatic rings. The molecule has 0 spiro atoms. The molecule has 0 atom stereocenters. The van der Waals surface area contributed by atoms with E-state index in [1.807, 2.05) is 0 Å². The molecule has 4 aromatic rings. The van der Waals surface area contributed by atoms with Crippen molar-refractivity contribution in [3.8, 4) is 22.8 Å². The van der Waals surface area contributed by atoms with Crippen molar-refractivity contribution in [2.24, 2.45) is 10.2 Å². The Morgan fingerprint density at radius 1 is 0.952 bits per heavy atom. The molecule has 5 rings (SSSR count). The molecule has 0 bridgehead atoms. The average molecular weight is 625 g/mol. The number of para-hydroxylation sites is 1. The van der Waals surface area contributed by atoms with Crippen LogP contribution in [0.25, 0.3) is 17.1 Å². The van der Waals surface area contributed by atoms with E-state index in [9.17, 15) is 26.3 Å². The van der Waals surface area contributed by atoms with Gasteiger partial charge in [0.1, 0.15) is 12.1 Å². The van der Waals surface area contributed by atoms with Gasteiger partial charge in [0.2, 0.25) is 0 Å². The molecule has 0 aliphatic carbocycles. The standard InChI is InChI=1S/C27H19ClF6N6OS/c28-22-4-1-3-21(26(29,30)31)23(22)39-13-2-14-42-25(39)37-36-15-17-5-7-18(8-6-17)24-35-16-40(38-24)19-9-11-20(12-10-19)41-27(32,33)34/h1,3-12,15-16H,2,13-14H2. The summed E-state index contributed by atoms with van der Waals surface area (Å²) < 4.78 is 83.4. The highest BCUT2D eigenvalue weighted by Gasteiger charge is 2.37. The second-order valence-corrected chi connectivity index (χ2v) is 10.3. The van der Waals surface area contributed by atoms with E-state index in [1.54, 1.807) is 24.3 Å². The number of rotatable bonds is 6. The van der Waals surface area contributed by atoms with Crippen molar-refractivity contribution in [2.45, 2.75) is 19.0 Å². The van der Waals surface area contributed by atoms with E-state index in [1.165, 1.54) is 70.3 Å². The SMILES string of the molecule is FC(F)(F)Oc1ccc(-n2cnc(-c3ccc(C=NN=C4SCCCN4c4c(Cl)cccc4C(F)(F)F)cc3)n2)cc1. The highest BCUT2D eigenvalue weighted by Crippen LogP contribution is 2.42. The molecule has 1 aliphatic heterocycles. The van der Waals surface area contributed by atoms with Crippen LogP contribution in [0.4, 0.5) is 32.0 Å². The van der Waals surface area contributed by atoms with Crippen molar-refractivity contribution in [2.75, 3.05) is 17.2 Å². The normalized spacial score (nSPS) is 15.5. The minimum Gasteiger partial charge on any atom is -0.406 e. The molecule has 2 heterocycles. The highest BCUT2D eigenvalue weighted by atomic mass is 35.5. The summed E-state index contributed by atoms with van der Waals surface area (Å²) in [6, 6.07) is 15.8. The van der Waals surface area contributed by atoms with Crippen LogP contribution in [-0.2, 0) is 6.18 Å². The largest absolute Gasteiger partial charge is 0.573 e. The summed E-state index contributed by atoms with van der Waals surface area (Å²) in [5.41, 5.74) is 0.841. The lowest BCUT2D eigenvalue weighted by Gasteiger charge is -2.31. The van der Waals surface area contributed by atoms with E-state index in [0.717, 1.165) is 6.07 Å². The maximum absolute atomic E-state index is 13.7. The Balaban J connectivity index is 1.29. The molecule has 0 N–H and O–H groups in total. The Hall–Kier alpha value is -4.04. The summed E-state index contributed by atoms with van der Waals surface area (Å²) in [5, 5.41) is 12.9. The molecule has 42 heavy (non-hydrogen) atoms. The third-order valence-electron chi connectivity index (χ3n) is 5.90. The van der Waals surface area contributed by atoms with Gasteiger partial charge in [0.05, 0.1) is 28.2 Å². The van der Waals surface area contributed by atoms with Crippen molar-refractivity contribution in [3.05, 3.63) is 89.2 Å². The van der Waals surface area contributed by atoms with Crippen LogP contribution in [0, 0.1) is 0 Å². The van der Waals surface area contributed by atoms with Crippen LogP contribution in [0.3, 0.4) is 0 Å². The Kier molecular flexibility index (Phi) is 8.45. The van der Waals surface area contributed by atoms with E-state index in [-0.39, 0.29) is 16.5 Å². The second-order valence-electron chi connectivity index (χ2n) is 8.79. The highest BCUT2D eigenvalue weighted by molar-refractivity contribution is 8.14. The van der Waals surface area contributed by atoms with Crippen molar-refractivity contribution in [3.63, 3.8) is 0 Å². The second kappa shape index (κ2) is 12.1. The Morgan fingerprint density at radius 2 is 1.69 bits per heavy atom. The van der Waals surface area contributed by atoms with E-state index in [2.05, 4.69) is 25.0 Å². The van der Waals surface area contributed by atoms with Crippen LogP contribution in [0.5, 0.6) is 5.75 Å². The minimum atomic E-state index is -4.78. The van der Waals surface area contributed by atoms with Gasteiger partial charge < -0.3 is 9.64 Å². The van der Waals surface area contributed by atoms with Gasteiger partial charge in [-0.1, -0.05) is 53.7 Å². The lowest BCUT2D eigenvalue weighted by atomic mass is 10.1. The van der Waals surface area contributed by atoms with Gasteiger partial charge in [-0.25, -0.2) is 9.67 Å². The zero-order valence-corrected chi connectivity index (χ0v) is 22.8. The number of halogens is 7. The van der Waals surface area contributed by atoms with E-state index in [4.69, 9.17) is 11.6 Å². The molecule has 0 unspecified atom stereocenters. The molecule has 218 valence electrons. The molecule has 1 aromatic heterocycles. The average Bonchev–Trinajstić information content (AvgIpc) is 3.43. The minimum absolute atomic E-state index is 0.0249. The summed E-state index contributed by atoms with van der Waals surface area (Å²) in [6.07, 6.45) is -5.81. The Bertz CT molecular complexity index is 1600. The third-order valence-corrected chi connectivity index (χ3v) is 7.25. The molecule has 15 heteroatoms. The zero-order chi connectivity index (χ0) is 29.9.